The number of Topliss-reactive ketones (excluding diaryl/α,β-unsaturated/α-hetero) is 1. The molecule has 4 rings (SSSR count). The zero-order valence-electron chi connectivity index (χ0n) is 19.6. The molecule has 1 atom stereocenters. The van der Waals surface area contributed by atoms with Crippen molar-refractivity contribution in [2.75, 3.05) is 6.61 Å². The lowest BCUT2D eigenvalue weighted by Crippen LogP contribution is -2.26. The van der Waals surface area contributed by atoms with Gasteiger partial charge in [0.25, 0.3) is 0 Å². The number of carbonyl (C=O) groups is 1. The highest BCUT2D eigenvalue weighted by molar-refractivity contribution is 6.30. The van der Waals surface area contributed by atoms with E-state index in [0.717, 1.165) is 47.5 Å². The maximum atomic E-state index is 13.0. The number of hydrogen-bond acceptors (Lipinski definition) is 4. The van der Waals surface area contributed by atoms with Crippen molar-refractivity contribution < 1.29 is 9.90 Å². The average molecular weight is 458 g/mol. The van der Waals surface area contributed by atoms with Gasteiger partial charge in [0.1, 0.15) is 17.4 Å². The Morgan fingerprint density at radius 1 is 1.25 bits per heavy atom. The van der Waals surface area contributed by atoms with Crippen molar-refractivity contribution in [3.63, 3.8) is 0 Å². The molecular formula is C26H36ClN3O2. The van der Waals surface area contributed by atoms with E-state index >= 15 is 0 Å². The molecule has 1 aromatic heterocycles. The topological polar surface area (TPSA) is 68.0 Å². The van der Waals surface area contributed by atoms with Gasteiger partial charge in [0.05, 0.1) is 0 Å². The quantitative estimate of drug-likeness (QED) is 0.464. The lowest BCUT2D eigenvalue weighted by molar-refractivity contribution is -0.118. The summed E-state index contributed by atoms with van der Waals surface area (Å²) in [6, 6.07) is 6.14. The third-order valence-electron chi connectivity index (χ3n) is 7.08. The molecule has 174 valence electrons. The molecule has 0 bridgehead atoms. The summed E-state index contributed by atoms with van der Waals surface area (Å²) in [4.78, 5) is 13.0. The zero-order chi connectivity index (χ0) is 22.8. The molecule has 1 heterocycles. The fraction of sp³-hybridized carbons (Fsp3) is 0.654. The van der Waals surface area contributed by atoms with Gasteiger partial charge in [-0.25, -0.2) is 0 Å². The number of aryl methyl sites for hydroxylation is 1. The Morgan fingerprint density at radius 3 is 2.62 bits per heavy atom. The molecule has 32 heavy (non-hydrogen) atoms. The molecule has 2 saturated carbocycles. The number of aliphatic hydroxyl groups excluding tert-OH is 1. The van der Waals surface area contributed by atoms with Gasteiger partial charge >= 0.3 is 0 Å². The van der Waals surface area contributed by atoms with Gasteiger partial charge < -0.3 is 9.67 Å². The fourth-order valence-corrected chi connectivity index (χ4v) is 5.51. The van der Waals surface area contributed by atoms with Crippen LogP contribution < -0.4 is 0 Å². The summed E-state index contributed by atoms with van der Waals surface area (Å²) in [7, 11) is 0. The number of hydrogen-bond donors (Lipinski definition) is 1. The molecule has 2 aliphatic carbocycles. The molecule has 2 aromatic rings. The molecule has 1 N–H and O–H groups in total. The molecule has 0 aliphatic heterocycles. The van der Waals surface area contributed by atoms with E-state index < -0.39 is 0 Å². The van der Waals surface area contributed by atoms with E-state index in [2.05, 4.69) is 28.6 Å². The van der Waals surface area contributed by atoms with Gasteiger partial charge in [-0.1, -0.05) is 31.5 Å². The van der Waals surface area contributed by atoms with Gasteiger partial charge in [0, 0.05) is 42.3 Å². The summed E-state index contributed by atoms with van der Waals surface area (Å²) in [5.74, 6) is 4.13. The Balaban J connectivity index is 1.48. The maximum Gasteiger partial charge on any atom is 0.138 e. The lowest BCUT2D eigenvalue weighted by Gasteiger charge is -2.36. The van der Waals surface area contributed by atoms with E-state index in [9.17, 15) is 9.90 Å². The number of nitrogens with zero attached hydrogens (tertiary/aromatic N) is 3. The Morgan fingerprint density at radius 2 is 2.00 bits per heavy atom. The Bertz CT molecular complexity index is 945. The highest BCUT2D eigenvalue weighted by atomic mass is 35.5. The molecule has 2 fully saturated rings. The van der Waals surface area contributed by atoms with E-state index in [0.29, 0.717) is 36.2 Å². The summed E-state index contributed by atoms with van der Waals surface area (Å²) < 4.78 is 2.34. The first-order chi connectivity index (χ1) is 15.4. The largest absolute Gasteiger partial charge is 0.396 e. The second-order valence-electron chi connectivity index (χ2n) is 10.4. The van der Waals surface area contributed by atoms with Crippen LogP contribution in [0, 0.1) is 18.8 Å². The first-order valence-corrected chi connectivity index (χ1v) is 12.6. The van der Waals surface area contributed by atoms with E-state index in [-0.39, 0.29) is 18.3 Å². The predicted octanol–water partition coefficient (Wildman–Crippen LogP) is 5.78. The molecule has 0 spiro atoms. The van der Waals surface area contributed by atoms with Crippen molar-refractivity contribution >= 4 is 17.4 Å². The van der Waals surface area contributed by atoms with Crippen molar-refractivity contribution in [3.05, 3.63) is 46.0 Å². The Labute approximate surface area is 196 Å². The molecular weight excluding hydrogens is 422 g/mol. The van der Waals surface area contributed by atoms with Crippen LogP contribution in [0.5, 0.6) is 0 Å². The highest BCUT2D eigenvalue weighted by Crippen LogP contribution is 2.48. The van der Waals surface area contributed by atoms with Crippen molar-refractivity contribution in [2.24, 2.45) is 11.8 Å². The second-order valence-corrected chi connectivity index (χ2v) is 10.8. The van der Waals surface area contributed by atoms with Crippen molar-refractivity contribution in [1.29, 1.82) is 0 Å². The normalized spacial score (nSPS) is 21.6. The number of carbonyl (C=O) groups excluding carboxylic acids is 1. The van der Waals surface area contributed by atoms with E-state index in [1.165, 1.54) is 19.3 Å². The minimum absolute atomic E-state index is 0.0463. The van der Waals surface area contributed by atoms with Gasteiger partial charge in [0.15, 0.2) is 0 Å². The number of aliphatic hydroxyl groups is 1. The molecule has 0 amide bonds. The Kier molecular flexibility index (Phi) is 7.36. The third kappa shape index (κ3) is 5.43. The van der Waals surface area contributed by atoms with Crippen LogP contribution in [0.15, 0.2) is 18.2 Å². The highest BCUT2D eigenvalue weighted by Gasteiger charge is 2.39. The Hall–Kier alpha value is -1.72. The van der Waals surface area contributed by atoms with Crippen LogP contribution in [0.1, 0.15) is 99.4 Å². The average Bonchev–Trinajstić information content (AvgIpc) is 3.45. The summed E-state index contributed by atoms with van der Waals surface area (Å²) >= 11 is 6.06. The molecule has 6 heteroatoms. The first kappa shape index (κ1) is 23.4. The van der Waals surface area contributed by atoms with Crippen LogP contribution in [0.25, 0.3) is 0 Å². The molecule has 0 unspecified atom stereocenters. The first-order valence-electron chi connectivity index (χ1n) is 12.2. The minimum Gasteiger partial charge on any atom is -0.396 e. The van der Waals surface area contributed by atoms with Crippen molar-refractivity contribution in [2.45, 2.75) is 90.0 Å². The lowest BCUT2D eigenvalue weighted by atomic mass is 9.71. The van der Waals surface area contributed by atoms with Gasteiger partial charge in [-0.15, -0.1) is 10.2 Å². The van der Waals surface area contributed by atoms with Crippen molar-refractivity contribution in [3.8, 4) is 0 Å². The monoisotopic (exact) mass is 457 g/mol. The van der Waals surface area contributed by atoms with Gasteiger partial charge in [-0.05, 0) is 80.5 Å². The van der Waals surface area contributed by atoms with Gasteiger partial charge in [-0.2, -0.15) is 0 Å². The van der Waals surface area contributed by atoms with Crippen LogP contribution in [0.4, 0.5) is 0 Å². The minimum atomic E-state index is -0.0894. The molecule has 1 aromatic carbocycles. The number of aromatic nitrogens is 3. The SMILES string of the molecule is Cc1cc(Cl)ccc1CC(=O)C[C@H](CCO)c1nnc(C2CC(CC(C)C)C2)n1C1CC1. The molecule has 0 saturated heterocycles. The summed E-state index contributed by atoms with van der Waals surface area (Å²) in [6.07, 6.45) is 7.30. The summed E-state index contributed by atoms with van der Waals surface area (Å²) in [6.45, 7) is 6.62. The molecule has 2 aliphatic rings. The van der Waals surface area contributed by atoms with Gasteiger partial charge in [-0.3, -0.25) is 4.79 Å². The molecule has 5 nitrogen and oxygen atoms in total. The number of ketones is 1. The van der Waals surface area contributed by atoms with Crippen molar-refractivity contribution in [1.82, 2.24) is 14.8 Å². The van der Waals surface area contributed by atoms with E-state index in [4.69, 9.17) is 11.6 Å². The van der Waals surface area contributed by atoms with Crippen LogP contribution in [0.2, 0.25) is 5.02 Å². The van der Waals surface area contributed by atoms with Gasteiger partial charge in [0.2, 0.25) is 0 Å². The second kappa shape index (κ2) is 10.0. The maximum absolute atomic E-state index is 13.0. The standard InChI is InChI=1S/C26H36ClN3O2/c1-16(2)10-18-12-21(13-18)26-29-28-25(30(26)23-6-7-23)20(8-9-31)15-24(32)14-19-4-5-22(27)11-17(19)3/h4-5,11,16,18,20-21,23,31H,6-10,12-15H2,1-3H3/t18?,20-,21?/m0/s1. The fourth-order valence-electron chi connectivity index (χ4n) is 5.28. The zero-order valence-corrected chi connectivity index (χ0v) is 20.3. The van der Waals surface area contributed by atoms with Crippen LogP contribution in [0.3, 0.4) is 0 Å². The van der Waals surface area contributed by atoms with Crippen LogP contribution in [-0.2, 0) is 11.2 Å². The third-order valence-corrected chi connectivity index (χ3v) is 7.31. The number of halogens is 1. The number of benzene rings is 1. The summed E-state index contributed by atoms with van der Waals surface area (Å²) in [5.41, 5.74) is 2.05. The van der Waals surface area contributed by atoms with E-state index in [1.807, 2.05) is 25.1 Å². The van der Waals surface area contributed by atoms with Crippen LogP contribution in [-0.4, -0.2) is 32.3 Å². The summed E-state index contributed by atoms with van der Waals surface area (Å²) in [5, 5.41) is 19.7. The predicted molar refractivity (Wildman–Crippen MR) is 127 cm³/mol. The van der Waals surface area contributed by atoms with Crippen LogP contribution >= 0.6 is 11.6 Å². The smallest absolute Gasteiger partial charge is 0.138 e. The molecule has 0 radical (unpaired) electrons. The van der Waals surface area contributed by atoms with E-state index in [1.54, 1.807) is 0 Å². The number of rotatable bonds is 11.